The van der Waals surface area contributed by atoms with Gasteiger partial charge in [0.15, 0.2) is 6.04 Å². The summed E-state index contributed by atoms with van der Waals surface area (Å²) in [5.41, 5.74) is 1.73. The summed E-state index contributed by atoms with van der Waals surface area (Å²) in [4.78, 5) is 30.5. The number of piperazine rings is 1. The zero-order valence-electron chi connectivity index (χ0n) is 16.8. The van der Waals surface area contributed by atoms with Crippen LogP contribution in [-0.2, 0) is 9.59 Å². The van der Waals surface area contributed by atoms with E-state index in [-0.39, 0.29) is 24.3 Å². The first-order valence-electron chi connectivity index (χ1n) is 9.85. The Morgan fingerprint density at radius 1 is 0.897 bits per heavy atom. The molecular formula is C22H26N3O4+. The monoisotopic (exact) mass is 396 g/mol. The first-order valence-corrected chi connectivity index (χ1v) is 9.85. The number of carbonyl (C=O) groups is 2. The number of amides is 2. The van der Waals surface area contributed by atoms with Gasteiger partial charge >= 0.3 is 0 Å². The number of methoxy groups -OCH3 is 2. The van der Waals surface area contributed by atoms with E-state index in [4.69, 9.17) is 9.47 Å². The van der Waals surface area contributed by atoms with E-state index in [1.165, 1.54) is 9.80 Å². The SMILES string of the molecule is COc1ccc(N2CC[NH+]([C@@H]3CC(=O)N(c4cccc(OC)c4)C3=O)CC2)cc1. The Morgan fingerprint density at radius 2 is 1.59 bits per heavy atom. The fourth-order valence-electron chi connectivity index (χ4n) is 4.17. The average molecular weight is 396 g/mol. The van der Waals surface area contributed by atoms with Gasteiger partial charge in [-0.25, -0.2) is 4.90 Å². The lowest BCUT2D eigenvalue weighted by Crippen LogP contribution is -3.19. The zero-order valence-corrected chi connectivity index (χ0v) is 16.8. The Bertz CT molecular complexity index is 891. The summed E-state index contributed by atoms with van der Waals surface area (Å²) < 4.78 is 10.4. The van der Waals surface area contributed by atoms with Crippen molar-refractivity contribution in [2.24, 2.45) is 0 Å². The number of quaternary nitrogens is 1. The van der Waals surface area contributed by atoms with Crippen molar-refractivity contribution in [2.75, 3.05) is 50.2 Å². The molecule has 2 amide bonds. The van der Waals surface area contributed by atoms with E-state index >= 15 is 0 Å². The van der Waals surface area contributed by atoms with E-state index in [9.17, 15) is 9.59 Å². The van der Waals surface area contributed by atoms with Crippen molar-refractivity contribution in [3.8, 4) is 11.5 Å². The van der Waals surface area contributed by atoms with Crippen LogP contribution in [0.5, 0.6) is 11.5 Å². The smallest absolute Gasteiger partial charge is 0.292 e. The van der Waals surface area contributed by atoms with Gasteiger partial charge in [0.1, 0.15) is 11.5 Å². The Labute approximate surface area is 170 Å². The highest BCUT2D eigenvalue weighted by atomic mass is 16.5. The van der Waals surface area contributed by atoms with Crippen LogP contribution < -0.4 is 24.2 Å². The molecule has 2 aromatic carbocycles. The number of rotatable bonds is 5. The highest BCUT2D eigenvalue weighted by Crippen LogP contribution is 2.26. The first kappa shape index (κ1) is 19.3. The molecule has 7 heteroatoms. The number of ether oxygens (including phenoxy) is 2. The van der Waals surface area contributed by atoms with E-state index in [0.717, 1.165) is 37.6 Å². The number of imide groups is 1. The highest BCUT2D eigenvalue weighted by Gasteiger charge is 2.46. The molecule has 0 unspecified atom stereocenters. The molecule has 0 spiro atoms. The Hall–Kier alpha value is -3.06. The van der Waals surface area contributed by atoms with Crippen molar-refractivity contribution < 1.29 is 24.0 Å². The molecule has 2 fully saturated rings. The van der Waals surface area contributed by atoms with Gasteiger partial charge in [-0.2, -0.15) is 0 Å². The van der Waals surface area contributed by atoms with Crippen molar-refractivity contribution in [3.63, 3.8) is 0 Å². The van der Waals surface area contributed by atoms with Crippen LogP contribution in [0.3, 0.4) is 0 Å². The number of nitrogens with zero attached hydrogens (tertiary/aromatic N) is 2. The van der Waals surface area contributed by atoms with Gasteiger partial charge in [0.2, 0.25) is 5.91 Å². The molecule has 29 heavy (non-hydrogen) atoms. The third-order valence-corrected chi connectivity index (χ3v) is 5.79. The van der Waals surface area contributed by atoms with Gasteiger partial charge in [-0.05, 0) is 36.4 Å². The number of hydrogen-bond donors (Lipinski definition) is 1. The molecule has 0 aromatic heterocycles. The molecule has 0 radical (unpaired) electrons. The fourth-order valence-corrected chi connectivity index (χ4v) is 4.17. The van der Waals surface area contributed by atoms with Crippen LogP contribution in [0.15, 0.2) is 48.5 Å². The predicted octanol–water partition coefficient (Wildman–Crippen LogP) is 0.741. The molecule has 1 atom stereocenters. The van der Waals surface area contributed by atoms with Crippen LogP contribution in [0.25, 0.3) is 0 Å². The lowest BCUT2D eigenvalue weighted by atomic mass is 10.1. The van der Waals surface area contributed by atoms with Gasteiger partial charge in [0.25, 0.3) is 5.91 Å². The van der Waals surface area contributed by atoms with Gasteiger partial charge in [-0.1, -0.05) is 6.07 Å². The van der Waals surface area contributed by atoms with E-state index in [1.807, 2.05) is 12.1 Å². The maximum atomic E-state index is 13.1. The van der Waals surface area contributed by atoms with Gasteiger partial charge in [0.05, 0.1) is 52.5 Å². The quantitative estimate of drug-likeness (QED) is 0.756. The van der Waals surface area contributed by atoms with Crippen LogP contribution in [0.1, 0.15) is 6.42 Å². The molecule has 2 aromatic rings. The standard InChI is InChI=1S/C22H25N3O4/c1-28-18-8-6-16(7-9-18)23-10-12-24(13-11-23)20-15-21(26)25(22(20)27)17-4-3-5-19(14-17)29-2/h3-9,14,20H,10-13,15H2,1-2H3/p+1/t20-/m1/s1. The van der Waals surface area contributed by atoms with E-state index in [0.29, 0.717) is 11.4 Å². The maximum absolute atomic E-state index is 13.1. The van der Waals surface area contributed by atoms with Crippen molar-refractivity contribution in [1.82, 2.24) is 0 Å². The minimum Gasteiger partial charge on any atom is -0.497 e. The minimum atomic E-state index is -0.313. The Morgan fingerprint density at radius 3 is 2.24 bits per heavy atom. The normalized spacial score (nSPS) is 20.3. The third kappa shape index (κ3) is 3.78. The molecule has 0 aliphatic carbocycles. The molecule has 2 saturated heterocycles. The Balaban J connectivity index is 1.42. The molecule has 2 heterocycles. The maximum Gasteiger partial charge on any atom is 0.292 e. The van der Waals surface area contributed by atoms with Crippen LogP contribution in [0, 0.1) is 0 Å². The molecule has 2 aliphatic heterocycles. The second-order valence-corrected chi connectivity index (χ2v) is 7.37. The third-order valence-electron chi connectivity index (χ3n) is 5.79. The average Bonchev–Trinajstić information content (AvgIpc) is 3.08. The number of carbonyl (C=O) groups excluding carboxylic acids is 2. The minimum absolute atomic E-state index is 0.115. The lowest BCUT2D eigenvalue weighted by molar-refractivity contribution is -0.915. The fraction of sp³-hybridized carbons (Fsp3) is 0.364. The number of anilines is 2. The molecular weight excluding hydrogens is 370 g/mol. The van der Waals surface area contributed by atoms with Gasteiger partial charge in [-0.15, -0.1) is 0 Å². The summed E-state index contributed by atoms with van der Waals surface area (Å²) in [6.45, 7) is 3.33. The van der Waals surface area contributed by atoms with Gasteiger partial charge in [-0.3, -0.25) is 9.59 Å². The second kappa shape index (κ2) is 8.13. The van der Waals surface area contributed by atoms with Crippen LogP contribution >= 0.6 is 0 Å². The molecule has 0 bridgehead atoms. The number of nitrogens with one attached hydrogen (secondary N) is 1. The highest BCUT2D eigenvalue weighted by molar-refractivity contribution is 6.21. The van der Waals surface area contributed by atoms with Crippen LogP contribution in [0.2, 0.25) is 0 Å². The zero-order chi connectivity index (χ0) is 20.4. The topological polar surface area (TPSA) is 63.5 Å². The van der Waals surface area contributed by atoms with Crippen molar-refractivity contribution in [2.45, 2.75) is 12.5 Å². The summed E-state index contributed by atoms with van der Waals surface area (Å²) in [5.74, 6) is 1.21. The molecule has 152 valence electrons. The van der Waals surface area contributed by atoms with Crippen LogP contribution in [-0.4, -0.2) is 58.3 Å². The van der Waals surface area contributed by atoms with E-state index in [2.05, 4.69) is 17.0 Å². The Kier molecular flexibility index (Phi) is 5.40. The summed E-state index contributed by atoms with van der Waals surface area (Å²) in [7, 11) is 3.23. The molecule has 0 saturated carbocycles. The summed E-state index contributed by atoms with van der Waals surface area (Å²) in [6.07, 6.45) is 0.258. The van der Waals surface area contributed by atoms with Crippen molar-refractivity contribution in [3.05, 3.63) is 48.5 Å². The van der Waals surface area contributed by atoms with Crippen molar-refractivity contribution >= 4 is 23.2 Å². The second-order valence-electron chi connectivity index (χ2n) is 7.37. The summed E-state index contributed by atoms with van der Waals surface area (Å²) in [5, 5.41) is 0. The van der Waals surface area contributed by atoms with Crippen LogP contribution in [0.4, 0.5) is 11.4 Å². The number of benzene rings is 2. The molecule has 4 rings (SSSR count). The summed E-state index contributed by atoms with van der Waals surface area (Å²) >= 11 is 0. The molecule has 2 aliphatic rings. The first-order chi connectivity index (χ1) is 14.1. The lowest BCUT2D eigenvalue weighted by Gasteiger charge is -2.35. The molecule has 1 N–H and O–H groups in total. The van der Waals surface area contributed by atoms with E-state index < -0.39 is 0 Å². The molecule has 7 nitrogen and oxygen atoms in total. The van der Waals surface area contributed by atoms with Crippen molar-refractivity contribution in [1.29, 1.82) is 0 Å². The van der Waals surface area contributed by atoms with E-state index in [1.54, 1.807) is 38.5 Å². The van der Waals surface area contributed by atoms with Gasteiger partial charge < -0.3 is 19.3 Å². The number of hydrogen-bond acceptors (Lipinski definition) is 5. The largest absolute Gasteiger partial charge is 0.497 e. The predicted molar refractivity (Wildman–Crippen MR) is 110 cm³/mol. The summed E-state index contributed by atoms with van der Waals surface area (Å²) in [6, 6.07) is 14.8. The van der Waals surface area contributed by atoms with Gasteiger partial charge in [0, 0.05) is 11.8 Å².